The quantitative estimate of drug-likeness (QED) is 0.733. The first kappa shape index (κ1) is 11.3. The van der Waals surface area contributed by atoms with E-state index in [1.165, 1.54) is 0 Å². The Balaban J connectivity index is 1.83. The molecule has 0 fully saturated rings. The van der Waals surface area contributed by atoms with Crippen molar-refractivity contribution in [3.05, 3.63) is 36.0 Å². The number of rotatable bonds is 3. The molecular formula is C12H12N4OS. The molecule has 1 atom stereocenters. The average molecular weight is 260 g/mol. The summed E-state index contributed by atoms with van der Waals surface area (Å²) in [7, 11) is 0. The first-order chi connectivity index (χ1) is 8.72. The Labute approximate surface area is 108 Å². The minimum absolute atomic E-state index is 0.0757. The lowest BCUT2D eigenvalue weighted by molar-refractivity contribution is 0.470. The minimum Gasteiger partial charge on any atom is -0.424 e. The van der Waals surface area contributed by atoms with E-state index in [0.717, 1.165) is 16.2 Å². The number of H-pyrrole nitrogens is 1. The number of aromatic nitrogens is 4. The number of hydrogen-bond donors (Lipinski definition) is 1. The molecule has 1 aromatic carbocycles. The van der Waals surface area contributed by atoms with Crippen LogP contribution in [0.25, 0.3) is 11.0 Å². The Hall–Kier alpha value is -1.82. The number of fused-ring (bicyclic) bond motifs is 1. The molecule has 3 aromatic rings. The van der Waals surface area contributed by atoms with Crippen LogP contribution in [0.3, 0.4) is 0 Å². The monoisotopic (exact) mass is 260 g/mol. The van der Waals surface area contributed by atoms with Crippen LogP contribution in [0.1, 0.15) is 24.0 Å². The number of imidazole rings is 1. The lowest BCUT2D eigenvalue weighted by atomic mass is 10.3. The second kappa shape index (κ2) is 4.45. The number of aryl methyl sites for hydroxylation is 1. The Morgan fingerprint density at radius 1 is 1.28 bits per heavy atom. The highest BCUT2D eigenvalue weighted by atomic mass is 32.2. The zero-order chi connectivity index (χ0) is 12.5. The van der Waals surface area contributed by atoms with Crippen LogP contribution in [0, 0.1) is 6.92 Å². The molecule has 0 radical (unpaired) electrons. The highest BCUT2D eigenvalue weighted by molar-refractivity contribution is 7.99. The molecule has 0 saturated carbocycles. The summed E-state index contributed by atoms with van der Waals surface area (Å²) in [5, 5.41) is 8.78. The lowest BCUT2D eigenvalue weighted by Gasteiger charge is -2.02. The van der Waals surface area contributed by atoms with Crippen LogP contribution in [-0.4, -0.2) is 20.2 Å². The van der Waals surface area contributed by atoms with E-state index in [1.54, 1.807) is 18.7 Å². The molecule has 3 rings (SSSR count). The van der Waals surface area contributed by atoms with E-state index in [9.17, 15) is 0 Å². The molecule has 1 unspecified atom stereocenters. The maximum atomic E-state index is 5.41. The average Bonchev–Trinajstić information content (AvgIpc) is 2.94. The van der Waals surface area contributed by atoms with Crippen molar-refractivity contribution in [3.63, 3.8) is 0 Å². The molecule has 0 saturated heterocycles. The lowest BCUT2D eigenvalue weighted by Crippen LogP contribution is -1.89. The van der Waals surface area contributed by atoms with Gasteiger partial charge in [-0.25, -0.2) is 4.98 Å². The summed E-state index contributed by atoms with van der Waals surface area (Å²) < 4.78 is 5.41. The third-order valence-electron chi connectivity index (χ3n) is 2.55. The summed E-state index contributed by atoms with van der Waals surface area (Å²) in [5.41, 5.74) is 2.00. The van der Waals surface area contributed by atoms with Crippen molar-refractivity contribution in [2.45, 2.75) is 24.3 Å². The van der Waals surface area contributed by atoms with E-state index >= 15 is 0 Å². The van der Waals surface area contributed by atoms with Gasteiger partial charge in [-0.2, -0.15) is 0 Å². The fourth-order valence-electron chi connectivity index (χ4n) is 1.68. The van der Waals surface area contributed by atoms with Crippen molar-refractivity contribution < 1.29 is 4.42 Å². The number of aromatic amines is 1. The predicted octanol–water partition coefficient (Wildman–Crippen LogP) is 3.11. The van der Waals surface area contributed by atoms with Gasteiger partial charge in [0.05, 0.1) is 16.3 Å². The second-order valence-corrected chi connectivity index (χ2v) is 5.31. The highest BCUT2D eigenvalue weighted by Gasteiger charge is 2.16. The van der Waals surface area contributed by atoms with E-state index in [4.69, 9.17) is 4.42 Å². The summed E-state index contributed by atoms with van der Waals surface area (Å²) >= 11 is 1.57. The number of thioether (sulfide) groups is 1. The van der Waals surface area contributed by atoms with Gasteiger partial charge >= 0.3 is 0 Å². The van der Waals surface area contributed by atoms with Crippen LogP contribution >= 0.6 is 11.8 Å². The van der Waals surface area contributed by atoms with Gasteiger partial charge in [0, 0.05) is 6.92 Å². The molecule has 0 aliphatic carbocycles. The summed E-state index contributed by atoms with van der Waals surface area (Å²) in [6.45, 7) is 3.81. The molecule has 92 valence electrons. The first-order valence-corrected chi connectivity index (χ1v) is 6.52. The molecule has 0 bridgehead atoms. The fourth-order valence-corrected chi connectivity index (χ4v) is 2.53. The van der Waals surface area contributed by atoms with Crippen molar-refractivity contribution in [2.24, 2.45) is 0 Å². The van der Waals surface area contributed by atoms with Gasteiger partial charge in [0.1, 0.15) is 0 Å². The van der Waals surface area contributed by atoms with Crippen molar-refractivity contribution in [2.75, 3.05) is 0 Å². The van der Waals surface area contributed by atoms with Crippen LogP contribution in [-0.2, 0) is 0 Å². The van der Waals surface area contributed by atoms with Crippen LogP contribution in [0.2, 0.25) is 0 Å². The van der Waals surface area contributed by atoms with Gasteiger partial charge in [0.25, 0.3) is 0 Å². The van der Waals surface area contributed by atoms with Gasteiger partial charge in [-0.3, -0.25) is 0 Å². The number of hydrogen-bond acceptors (Lipinski definition) is 5. The van der Waals surface area contributed by atoms with Gasteiger partial charge in [-0.15, -0.1) is 10.2 Å². The number of para-hydroxylation sites is 2. The third kappa shape index (κ3) is 2.11. The molecule has 0 aliphatic rings. The Kier molecular flexibility index (Phi) is 2.79. The van der Waals surface area contributed by atoms with E-state index in [-0.39, 0.29) is 5.25 Å². The molecule has 0 amide bonds. The molecule has 0 aliphatic heterocycles. The van der Waals surface area contributed by atoms with Crippen molar-refractivity contribution >= 4 is 22.8 Å². The zero-order valence-corrected chi connectivity index (χ0v) is 10.9. The molecular weight excluding hydrogens is 248 g/mol. The van der Waals surface area contributed by atoms with Gasteiger partial charge < -0.3 is 9.40 Å². The highest BCUT2D eigenvalue weighted by Crippen LogP contribution is 2.33. The van der Waals surface area contributed by atoms with Crippen LogP contribution in [0.4, 0.5) is 0 Å². The smallest absolute Gasteiger partial charge is 0.229 e. The molecule has 1 N–H and O–H groups in total. The largest absolute Gasteiger partial charge is 0.424 e. The first-order valence-electron chi connectivity index (χ1n) is 5.64. The van der Waals surface area contributed by atoms with Crippen LogP contribution in [0.15, 0.2) is 33.8 Å². The maximum Gasteiger partial charge on any atom is 0.229 e. The van der Waals surface area contributed by atoms with E-state index in [2.05, 4.69) is 20.2 Å². The van der Waals surface area contributed by atoms with Crippen LogP contribution in [0.5, 0.6) is 0 Å². The summed E-state index contributed by atoms with van der Waals surface area (Å²) in [4.78, 5) is 7.77. The zero-order valence-electron chi connectivity index (χ0n) is 10.0. The van der Waals surface area contributed by atoms with Crippen LogP contribution < -0.4 is 0 Å². The van der Waals surface area contributed by atoms with Gasteiger partial charge in [0.15, 0.2) is 5.16 Å². The number of nitrogens with one attached hydrogen (secondary N) is 1. The van der Waals surface area contributed by atoms with Crippen molar-refractivity contribution in [1.29, 1.82) is 0 Å². The number of nitrogens with zero attached hydrogens (tertiary/aromatic N) is 3. The summed E-state index contributed by atoms with van der Waals surface area (Å²) in [6, 6.07) is 7.95. The Morgan fingerprint density at radius 3 is 2.83 bits per heavy atom. The minimum atomic E-state index is 0.0757. The van der Waals surface area contributed by atoms with E-state index < -0.39 is 0 Å². The van der Waals surface area contributed by atoms with E-state index in [0.29, 0.717) is 11.8 Å². The van der Waals surface area contributed by atoms with E-state index in [1.807, 2.05) is 31.2 Å². The maximum absolute atomic E-state index is 5.41. The van der Waals surface area contributed by atoms with Gasteiger partial charge in [-0.05, 0) is 19.1 Å². The molecule has 5 nitrogen and oxygen atoms in total. The molecule has 18 heavy (non-hydrogen) atoms. The summed E-state index contributed by atoms with van der Waals surface area (Å²) in [6.07, 6.45) is 0. The molecule has 0 spiro atoms. The van der Waals surface area contributed by atoms with Crippen molar-refractivity contribution in [3.8, 4) is 0 Å². The van der Waals surface area contributed by atoms with Gasteiger partial charge in [-0.1, -0.05) is 23.9 Å². The third-order valence-corrected chi connectivity index (χ3v) is 3.52. The SMILES string of the molecule is Cc1nnc(C(C)Sc2nc3ccccc3[nH]2)o1. The fraction of sp³-hybridized carbons (Fsp3) is 0.250. The van der Waals surface area contributed by atoms with Gasteiger partial charge in [0.2, 0.25) is 11.8 Å². The number of benzene rings is 1. The topological polar surface area (TPSA) is 67.6 Å². The molecule has 2 aromatic heterocycles. The predicted molar refractivity (Wildman–Crippen MR) is 69.4 cm³/mol. The Bertz CT molecular complexity index is 642. The summed E-state index contributed by atoms with van der Waals surface area (Å²) in [5.74, 6) is 1.21. The molecule has 6 heteroatoms. The van der Waals surface area contributed by atoms with Crippen molar-refractivity contribution in [1.82, 2.24) is 20.2 Å². The molecule has 2 heterocycles. The Morgan fingerprint density at radius 2 is 2.11 bits per heavy atom. The standard InChI is InChI=1S/C12H12N4OS/c1-7(11-16-15-8(2)17-11)18-12-13-9-5-3-4-6-10(9)14-12/h3-7H,1-2H3,(H,13,14). The normalized spacial score (nSPS) is 13.0. The second-order valence-electron chi connectivity index (χ2n) is 3.98.